The molecule has 0 fully saturated rings. The van der Waals surface area contributed by atoms with E-state index >= 15 is 0 Å². The van der Waals surface area contributed by atoms with Crippen molar-refractivity contribution in [2.45, 2.75) is 99.3 Å². The van der Waals surface area contributed by atoms with E-state index in [0.29, 0.717) is 5.75 Å². The van der Waals surface area contributed by atoms with Crippen LogP contribution in [-0.4, -0.2) is 5.11 Å². The van der Waals surface area contributed by atoms with Crippen LogP contribution in [-0.2, 0) is 17.3 Å². The molecule has 0 heterocycles. The number of rotatable bonds is 5. The molecule has 1 N–H and O–H groups in total. The van der Waals surface area contributed by atoms with Gasteiger partial charge in [-0.1, -0.05) is 81.4 Å². The summed E-state index contributed by atoms with van der Waals surface area (Å²) in [7, 11) is 0. The van der Waals surface area contributed by atoms with Crippen molar-refractivity contribution < 1.29 is 5.11 Å². The molecule has 0 aliphatic heterocycles. The van der Waals surface area contributed by atoms with E-state index in [9.17, 15) is 5.11 Å². The molecule has 0 atom stereocenters. The van der Waals surface area contributed by atoms with Crippen molar-refractivity contribution in [1.82, 2.24) is 0 Å². The van der Waals surface area contributed by atoms with Gasteiger partial charge < -0.3 is 5.11 Å². The molecule has 25 heavy (non-hydrogen) atoms. The number of aromatic hydroxyl groups is 1. The predicted molar refractivity (Wildman–Crippen MR) is 111 cm³/mol. The second-order valence-corrected chi connectivity index (χ2v) is 11.5. The maximum Gasteiger partial charge on any atom is 0.123 e. The third-order valence-corrected chi connectivity index (χ3v) is 4.86. The average molecular weight is 346 g/mol. The lowest BCUT2D eigenvalue weighted by Crippen LogP contribution is -2.28. The van der Waals surface area contributed by atoms with Crippen LogP contribution in [0.15, 0.2) is 12.1 Å². The van der Waals surface area contributed by atoms with Gasteiger partial charge in [-0.3, -0.25) is 0 Å². The molecule has 1 nitrogen and oxygen atoms in total. The first kappa shape index (κ1) is 22.1. The molecule has 0 spiro atoms. The zero-order valence-electron chi connectivity index (χ0n) is 18.4. The maximum absolute atomic E-state index is 11.3. The van der Waals surface area contributed by atoms with Crippen LogP contribution < -0.4 is 0 Å². The van der Waals surface area contributed by atoms with Crippen molar-refractivity contribution in [2.24, 2.45) is 10.8 Å². The Hall–Kier alpha value is -0.980. The molecule has 0 bridgehead atoms. The molecule has 0 saturated carbocycles. The van der Waals surface area contributed by atoms with Gasteiger partial charge in [0.1, 0.15) is 5.75 Å². The van der Waals surface area contributed by atoms with Gasteiger partial charge >= 0.3 is 0 Å². The Morgan fingerprint density at radius 2 is 1.04 bits per heavy atom. The van der Waals surface area contributed by atoms with E-state index in [4.69, 9.17) is 0 Å². The highest BCUT2D eigenvalue weighted by molar-refractivity contribution is 5.50. The Kier molecular flexibility index (Phi) is 6.15. The quantitative estimate of drug-likeness (QED) is 0.598. The molecular weight excluding hydrogens is 304 g/mol. The van der Waals surface area contributed by atoms with Gasteiger partial charge in [-0.2, -0.15) is 0 Å². The molecule has 1 aromatic carbocycles. The summed E-state index contributed by atoms with van der Waals surface area (Å²) in [5.74, 6) is 0.487. The van der Waals surface area contributed by atoms with Crippen LogP contribution in [0.1, 0.15) is 98.8 Å². The highest BCUT2D eigenvalue weighted by Gasteiger charge is 2.35. The van der Waals surface area contributed by atoms with Gasteiger partial charge in [-0.25, -0.2) is 0 Å². The first-order valence-corrected chi connectivity index (χ1v) is 9.65. The molecule has 1 aromatic rings. The molecule has 0 saturated heterocycles. The second-order valence-electron chi connectivity index (χ2n) is 11.5. The Morgan fingerprint density at radius 3 is 1.28 bits per heavy atom. The van der Waals surface area contributed by atoms with E-state index in [1.54, 1.807) is 0 Å². The first-order chi connectivity index (χ1) is 11.0. The highest BCUT2D eigenvalue weighted by Crippen LogP contribution is 2.46. The van der Waals surface area contributed by atoms with E-state index in [-0.39, 0.29) is 21.7 Å². The second kappa shape index (κ2) is 6.97. The molecule has 0 aromatic heterocycles. The maximum atomic E-state index is 11.3. The molecular formula is C24H41O. The molecule has 0 amide bonds. The van der Waals surface area contributed by atoms with Crippen LogP contribution in [0, 0.1) is 17.8 Å². The summed E-state index contributed by atoms with van der Waals surface area (Å²) in [6.07, 6.45) is 2.79. The van der Waals surface area contributed by atoms with Crippen LogP contribution in [0.25, 0.3) is 0 Å². The summed E-state index contributed by atoms with van der Waals surface area (Å²) in [6, 6.07) is 4.34. The summed E-state index contributed by atoms with van der Waals surface area (Å²) in [5.41, 5.74) is 3.60. The summed E-state index contributed by atoms with van der Waals surface area (Å²) >= 11 is 0. The fourth-order valence-corrected chi connectivity index (χ4v) is 4.71. The van der Waals surface area contributed by atoms with Gasteiger partial charge in [0.15, 0.2) is 0 Å². The van der Waals surface area contributed by atoms with Crippen LogP contribution in [0.4, 0.5) is 0 Å². The van der Waals surface area contributed by atoms with Gasteiger partial charge in [0.05, 0.1) is 0 Å². The van der Waals surface area contributed by atoms with Crippen LogP contribution in [0.5, 0.6) is 5.75 Å². The normalized spacial score (nSPS) is 14.0. The molecule has 1 rings (SSSR count). The van der Waals surface area contributed by atoms with Crippen LogP contribution in [0.3, 0.4) is 0 Å². The first-order valence-electron chi connectivity index (χ1n) is 9.65. The lowest BCUT2D eigenvalue weighted by Gasteiger charge is -2.37. The molecule has 1 radical (unpaired) electrons. The summed E-state index contributed by atoms with van der Waals surface area (Å²) in [6.45, 7) is 26.7. The highest BCUT2D eigenvalue weighted by atomic mass is 16.3. The molecule has 0 aliphatic carbocycles. The van der Waals surface area contributed by atoms with Crippen LogP contribution >= 0.6 is 0 Å². The van der Waals surface area contributed by atoms with Crippen molar-refractivity contribution in [2.75, 3.05) is 0 Å². The van der Waals surface area contributed by atoms with Crippen molar-refractivity contribution in [3.05, 3.63) is 35.7 Å². The smallest absolute Gasteiger partial charge is 0.123 e. The SMILES string of the molecule is [CH2]Cc1cc(C(C)(C)CC(C)(C)C)c(O)c(C(C)(C)CC(C)(C)C)c1. The summed E-state index contributed by atoms with van der Waals surface area (Å²) in [4.78, 5) is 0. The largest absolute Gasteiger partial charge is 0.507 e. The van der Waals surface area contributed by atoms with E-state index in [1.807, 2.05) is 0 Å². The third kappa shape index (κ3) is 6.04. The zero-order valence-corrected chi connectivity index (χ0v) is 18.4. The van der Waals surface area contributed by atoms with Crippen molar-refractivity contribution in [3.63, 3.8) is 0 Å². The minimum Gasteiger partial charge on any atom is -0.507 e. The number of benzene rings is 1. The number of phenolic OH excluding ortho intramolecular Hbond substituents is 1. The third-order valence-electron chi connectivity index (χ3n) is 4.86. The van der Waals surface area contributed by atoms with E-state index in [2.05, 4.69) is 88.3 Å². The fourth-order valence-electron chi connectivity index (χ4n) is 4.71. The lowest BCUT2D eigenvalue weighted by molar-refractivity contribution is 0.268. The summed E-state index contributed by atoms with van der Waals surface area (Å²) < 4.78 is 0. The average Bonchev–Trinajstić information content (AvgIpc) is 2.32. The van der Waals surface area contributed by atoms with Crippen molar-refractivity contribution in [1.29, 1.82) is 0 Å². The minimum atomic E-state index is -0.0833. The Bertz CT molecular complexity index is 542. The molecule has 1 heteroatoms. The van der Waals surface area contributed by atoms with E-state index in [1.165, 1.54) is 5.56 Å². The molecule has 0 unspecified atom stereocenters. The molecule has 0 aliphatic rings. The van der Waals surface area contributed by atoms with Gasteiger partial charge in [0.25, 0.3) is 0 Å². The predicted octanol–water partition coefficient (Wildman–Crippen LogP) is 7.20. The number of hydrogen-bond acceptors (Lipinski definition) is 1. The van der Waals surface area contributed by atoms with E-state index < -0.39 is 0 Å². The van der Waals surface area contributed by atoms with E-state index in [0.717, 1.165) is 30.4 Å². The van der Waals surface area contributed by atoms with Gasteiger partial charge in [-0.15, -0.1) is 0 Å². The zero-order chi connectivity index (χ0) is 19.8. The van der Waals surface area contributed by atoms with Crippen LogP contribution in [0.2, 0.25) is 0 Å². The van der Waals surface area contributed by atoms with Crippen molar-refractivity contribution in [3.8, 4) is 5.75 Å². The van der Waals surface area contributed by atoms with Crippen molar-refractivity contribution >= 4 is 0 Å². The lowest BCUT2D eigenvalue weighted by atomic mass is 9.68. The standard InChI is InChI=1S/C24H41O/c1-12-17-13-18(23(8,9)15-21(2,3)4)20(25)19(14-17)24(10,11)16-22(5,6)7/h13-14,25H,1,12,15-16H2,2-11H3. The monoisotopic (exact) mass is 345 g/mol. The van der Waals surface area contributed by atoms with Gasteiger partial charge in [0, 0.05) is 11.1 Å². The van der Waals surface area contributed by atoms with Gasteiger partial charge in [0.2, 0.25) is 0 Å². The van der Waals surface area contributed by atoms with Gasteiger partial charge in [-0.05, 0) is 53.4 Å². The Labute approximate surface area is 157 Å². The Balaban J connectivity index is 3.53. The minimum absolute atomic E-state index is 0.0833. The summed E-state index contributed by atoms with van der Waals surface area (Å²) in [5, 5.41) is 11.3. The molecule has 143 valence electrons. The topological polar surface area (TPSA) is 20.2 Å². The number of phenols is 1. The fraction of sp³-hybridized carbons (Fsp3) is 0.708. The Morgan fingerprint density at radius 1 is 0.720 bits per heavy atom. The number of hydrogen-bond donors (Lipinski definition) is 1.